The molecule has 0 fully saturated rings. The summed E-state index contributed by atoms with van der Waals surface area (Å²) in [5.41, 5.74) is 2.04. The van der Waals surface area contributed by atoms with Gasteiger partial charge in [0, 0.05) is 12.4 Å². The highest BCUT2D eigenvalue weighted by Crippen LogP contribution is 2.29. The molecule has 3 nitrogen and oxygen atoms in total. The van der Waals surface area contributed by atoms with E-state index in [1.807, 2.05) is 56.3 Å². The second-order valence-electron chi connectivity index (χ2n) is 4.91. The van der Waals surface area contributed by atoms with E-state index in [1.165, 1.54) is 0 Å². The molecule has 1 unspecified atom stereocenters. The standard InChI is InChI=1S/C17H20O3S2/c1-3-20-17(15-7-5-4-6-8-15)13-21-22(18,19)16-11-9-14(2)10-12-16/h4-12,17H,3,13H2,1-2H3. The Morgan fingerprint density at radius 1 is 1.05 bits per heavy atom. The van der Waals surface area contributed by atoms with Gasteiger partial charge >= 0.3 is 0 Å². The van der Waals surface area contributed by atoms with Crippen LogP contribution in [0.1, 0.15) is 24.2 Å². The normalized spacial score (nSPS) is 13.0. The highest BCUT2D eigenvalue weighted by atomic mass is 33.1. The molecule has 0 N–H and O–H groups in total. The van der Waals surface area contributed by atoms with Gasteiger partial charge in [-0.25, -0.2) is 8.42 Å². The smallest absolute Gasteiger partial charge is 0.230 e. The van der Waals surface area contributed by atoms with Crippen LogP contribution >= 0.6 is 10.8 Å². The van der Waals surface area contributed by atoms with Gasteiger partial charge < -0.3 is 4.74 Å². The zero-order valence-corrected chi connectivity index (χ0v) is 14.4. The van der Waals surface area contributed by atoms with E-state index < -0.39 is 8.87 Å². The molecule has 5 heteroatoms. The van der Waals surface area contributed by atoms with E-state index in [0.717, 1.165) is 21.9 Å². The first-order chi connectivity index (χ1) is 10.5. The van der Waals surface area contributed by atoms with Gasteiger partial charge in [0.15, 0.2) is 0 Å². The SMILES string of the molecule is CCOC(CSS(=O)(=O)c1ccc(C)cc1)c1ccccc1. The Kier molecular flexibility index (Phi) is 6.06. The maximum atomic E-state index is 12.4. The number of benzene rings is 2. The van der Waals surface area contributed by atoms with Crippen LogP contribution in [0.15, 0.2) is 59.5 Å². The zero-order valence-electron chi connectivity index (χ0n) is 12.7. The Labute approximate surface area is 136 Å². The highest BCUT2D eigenvalue weighted by molar-refractivity contribution is 8.72. The van der Waals surface area contributed by atoms with E-state index in [-0.39, 0.29) is 6.10 Å². The topological polar surface area (TPSA) is 43.4 Å². The van der Waals surface area contributed by atoms with Crippen LogP contribution < -0.4 is 0 Å². The monoisotopic (exact) mass is 336 g/mol. The van der Waals surface area contributed by atoms with E-state index in [9.17, 15) is 8.42 Å². The lowest BCUT2D eigenvalue weighted by molar-refractivity contribution is 0.0800. The maximum absolute atomic E-state index is 12.4. The van der Waals surface area contributed by atoms with Crippen LogP contribution in [0, 0.1) is 6.92 Å². The Balaban J connectivity index is 2.10. The predicted molar refractivity (Wildman–Crippen MR) is 91.6 cm³/mol. The van der Waals surface area contributed by atoms with Gasteiger partial charge in [-0.15, -0.1) is 0 Å². The molecule has 22 heavy (non-hydrogen) atoms. The predicted octanol–water partition coefficient (Wildman–Crippen LogP) is 4.19. The molecule has 0 aliphatic heterocycles. The number of hydrogen-bond donors (Lipinski definition) is 0. The summed E-state index contributed by atoms with van der Waals surface area (Å²) in [7, 11) is -2.43. The van der Waals surface area contributed by atoms with Crippen molar-refractivity contribution in [3.8, 4) is 0 Å². The number of rotatable bonds is 7. The van der Waals surface area contributed by atoms with Crippen molar-refractivity contribution in [2.45, 2.75) is 24.8 Å². The van der Waals surface area contributed by atoms with Gasteiger partial charge in [-0.2, -0.15) is 0 Å². The third kappa shape index (κ3) is 4.60. The minimum Gasteiger partial charge on any atom is -0.373 e. The molecule has 0 heterocycles. The second kappa shape index (κ2) is 7.81. The molecule has 0 aliphatic carbocycles. The Morgan fingerprint density at radius 3 is 2.27 bits per heavy atom. The first-order valence-corrected chi connectivity index (χ1v) is 10.1. The molecule has 0 aromatic heterocycles. The van der Waals surface area contributed by atoms with Crippen LogP contribution in [0.25, 0.3) is 0 Å². The molecule has 2 aromatic carbocycles. The largest absolute Gasteiger partial charge is 0.373 e. The van der Waals surface area contributed by atoms with E-state index in [2.05, 4.69) is 0 Å². The van der Waals surface area contributed by atoms with Crippen molar-refractivity contribution in [1.82, 2.24) is 0 Å². The molecule has 0 amide bonds. The lowest BCUT2D eigenvalue weighted by Gasteiger charge is -2.17. The van der Waals surface area contributed by atoms with Crippen LogP contribution in [0.3, 0.4) is 0 Å². The molecule has 0 saturated heterocycles. The van der Waals surface area contributed by atoms with Crippen molar-refractivity contribution >= 4 is 19.7 Å². The number of ether oxygens (including phenoxy) is 1. The number of hydrogen-bond acceptors (Lipinski definition) is 4. The fraction of sp³-hybridized carbons (Fsp3) is 0.294. The minimum absolute atomic E-state index is 0.226. The maximum Gasteiger partial charge on any atom is 0.230 e. The van der Waals surface area contributed by atoms with Gasteiger partial charge in [0.05, 0.1) is 11.0 Å². The van der Waals surface area contributed by atoms with E-state index >= 15 is 0 Å². The molecule has 0 radical (unpaired) electrons. The summed E-state index contributed by atoms with van der Waals surface area (Å²) in [6.45, 7) is 4.39. The summed E-state index contributed by atoms with van der Waals surface area (Å²) in [5, 5.41) is 0. The van der Waals surface area contributed by atoms with Crippen LogP contribution in [-0.4, -0.2) is 20.8 Å². The van der Waals surface area contributed by atoms with Crippen molar-refractivity contribution in [1.29, 1.82) is 0 Å². The van der Waals surface area contributed by atoms with Gasteiger partial charge in [-0.05, 0) is 42.3 Å². The van der Waals surface area contributed by atoms with Crippen molar-refractivity contribution in [3.63, 3.8) is 0 Å². The molecule has 118 valence electrons. The van der Waals surface area contributed by atoms with E-state index in [4.69, 9.17) is 4.74 Å². The Morgan fingerprint density at radius 2 is 1.68 bits per heavy atom. The summed E-state index contributed by atoms with van der Waals surface area (Å²) < 4.78 is 30.5. The van der Waals surface area contributed by atoms with Crippen LogP contribution in [0.5, 0.6) is 0 Å². The van der Waals surface area contributed by atoms with Crippen molar-refractivity contribution < 1.29 is 13.2 Å². The average Bonchev–Trinajstić information content (AvgIpc) is 2.53. The van der Waals surface area contributed by atoms with E-state index in [0.29, 0.717) is 17.3 Å². The third-order valence-corrected chi connectivity index (χ3v) is 6.74. The summed E-state index contributed by atoms with van der Waals surface area (Å²) >= 11 is 0. The molecule has 2 aromatic rings. The third-order valence-electron chi connectivity index (χ3n) is 3.22. The van der Waals surface area contributed by atoms with Crippen LogP contribution in [-0.2, 0) is 13.6 Å². The molecular formula is C17H20O3S2. The quantitative estimate of drug-likeness (QED) is 0.711. The van der Waals surface area contributed by atoms with Crippen molar-refractivity contribution in [2.24, 2.45) is 0 Å². The van der Waals surface area contributed by atoms with Crippen LogP contribution in [0.4, 0.5) is 0 Å². The first-order valence-electron chi connectivity index (χ1n) is 7.15. The van der Waals surface area contributed by atoms with Gasteiger partial charge in [-0.3, -0.25) is 0 Å². The fourth-order valence-electron chi connectivity index (χ4n) is 2.03. The molecular weight excluding hydrogens is 316 g/mol. The van der Waals surface area contributed by atoms with Gasteiger partial charge in [0.1, 0.15) is 0 Å². The molecule has 0 spiro atoms. The summed E-state index contributed by atoms with van der Waals surface area (Å²) in [6, 6.07) is 16.6. The van der Waals surface area contributed by atoms with E-state index in [1.54, 1.807) is 12.1 Å². The van der Waals surface area contributed by atoms with Crippen LogP contribution in [0.2, 0.25) is 0 Å². The van der Waals surface area contributed by atoms with Gasteiger partial charge in [-0.1, -0.05) is 48.0 Å². The lowest BCUT2D eigenvalue weighted by atomic mass is 10.1. The second-order valence-corrected chi connectivity index (χ2v) is 8.88. The molecule has 1 atom stereocenters. The molecule has 2 rings (SSSR count). The molecule has 0 bridgehead atoms. The molecule has 0 aliphatic rings. The molecule has 0 saturated carbocycles. The van der Waals surface area contributed by atoms with Crippen molar-refractivity contribution in [2.75, 3.05) is 12.4 Å². The first kappa shape index (κ1) is 17.1. The lowest BCUT2D eigenvalue weighted by Crippen LogP contribution is -2.09. The van der Waals surface area contributed by atoms with Gasteiger partial charge in [0.25, 0.3) is 0 Å². The Hall–Kier alpha value is -1.30. The van der Waals surface area contributed by atoms with Crippen molar-refractivity contribution in [3.05, 3.63) is 65.7 Å². The highest BCUT2D eigenvalue weighted by Gasteiger charge is 2.20. The summed E-state index contributed by atoms with van der Waals surface area (Å²) in [6.07, 6.45) is -0.226. The fourth-order valence-corrected chi connectivity index (χ4v) is 4.88. The summed E-state index contributed by atoms with van der Waals surface area (Å²) in [4.78, 5) is 0.339. The summed E-state index contributed by atoms with van der Waals surface area (Å²) in [5.74, 6) is 0.369. The Bertz CT molecular complexity index is 680. The number of aryl methyl sites for hydroxylation is 1. The van der Waals surface area contributed by atoms with Gasteiger partial charge in [0.2, 0.25) is 8.87 Å². The minimum atomic E-state index is -3.36. The average molecular weight is 336 g/mol. The zero-order chi connectivity index (χ0) is 16.0.